The van der Waals surface area contributed by atoms with Gasteiger partial charge in [-0.3, -0.25) is 4.79 Å². The molecule has 1 aliphatic heterocycles. The number of aliphatic hydroxyl groups is 2. The minimum atomic E-state index is -4.10. The highest BCUT2D eigenvalue weighted by atomic mass is 32.2. The van der Waals surface area contributed by atoms with Crippen LogP contribution in [0.1, 0.15) is 23.2 Å². The van der Waals surface area contributed by atoms with Gasteiger partial charge in [-0.15, -0.1) is 0 Å². The van der Waals surface area contributed by atoms with Crippen LogP contribution in [0.15, 0.2) is 35.5 Å². The quantitative estimate of drug-likeness (QED) is 0.408. The summed E-state index contributed by atoms with van der Waals surface area (Å²) in [5, 5.41) is 21.6. The Morgan fingerprint density at radius 1 is 1.15 bits per heavy atom. The molecule has 33 heavy (non-hydrogen) atoms. The number of nitrogens with zero attached hydrogens (tertiary/aromatic N) is 2. The number of aromatic nitrogens is 2. The van der Waals surface area contributed by atoms with Crippen LogP contribution in [0.2, 0.25) is 0 Å². The van der Waals surface area contributed by atoms with Crippen molar-refractivity contribution < 1.29 is 36.6 Å². The van der Waals surface area contributed by atoms with E-state index in [-0.39, 0.29) is 53.1 Å². The van der Waals surface area contributed by atoms with Crippen molar-refractivity contribution in [1.82, 2.24) is 14.3 Å². The van der Waals surface area contributed by atoms with Gasteiger partial charge in [-0.05, 0) is 25.0 Å². The Kier molecular flexibility index (Phi) is 5.90. The number of benzene rings is 2. The number of hydrogen-bond acceptors (Lipinski definition) is 6. The number of piperidine rings is 1. The number of carbonyl (C=O) groups excluding carboxylic acids is 1. The summed E-state index contributed by atoms with van der Waals surface area (Å²) in [7, 11) is -4.10. The van der Waals surface area contributed by atoms with E-state index in [1.165, 1.54) is 12.4 Å². The molecule has 13 heteroatoms. The number of carbonyl (C=O) groups is 1. The standard InChI is InChI=1S/C20H19F3N4O5S/c21-14-5-11(6-15(22)17(14)23)26-19(29)13-7-12(8-16-18(13)25-10-24-16)33(31,32)27-3-1-20(30,9-28)2-4-27/h5-8,10,28,30H,1-4,9H2,(H,24,25)(H,26,29). The van der Waals surface area contributed by atoms with Crippen LogP contribution in [0, 0.1) is 17.5 Å². The van der Waals surface area contributed by atoms with E-state index in [9.17, 15) is 36.6 Å². The zero-order chi connectivity index (χ0) is 24.0. The maximum Gasteiger partial charge on any atom is 0.257 e. The minimum Gasteiger partial charge on any atom is -0.393 e. The number of hydrogen-bond donors (Lipinski definition) is 4. The predicted molar refractivity (Wildman–Crippen MR) is 110 cm³/mol. The van der Waals surface area contributed by atoms with Gasteiger partial charge in [0.05, 0.1) is 40.0 Å². The van der Waals surface area contributed by atoms with Crippen LogP contribution in [-0.4, -0.2) is 64.1 Å². The van der Waals surface area contributed by atoms with Gasteiger partial charge in [-0.2, -0.15) is 4.31 Å². The van der Waals surface area contributed by atoms with E-state index in [1.54, 1.807) is 0 Å². The van der Waals surface area contributed by atoms with Crippen molar-refractivity contribution in [1.29, 1.82) is 0 Å². The summed E-state index contributed by atoms with van der Waals surface area (Å²) in [5.74, 6) is -5.59. The lowest BCUT2D eigenvalue weighted by Gasteiger charge is -2.36. The van der Waals surface area contributed by atoms with Gasteiger partial charge in [-0.1, -0.05) is 0 Å². The molecule has 0 spiro atoms. The third-order valence-corrected chi connectivity index (χ3v) is 7.45. The normalized spacial score (nSPS) is 16.8. The molecule has 1 aromatic heterocycles. The average Bonchev–Trinajstić information content (AvgIpc) is 3.26. The molecule has 1 amide bonds. The second-order valence-electron chi connectivity index (χ2n) is 7.76. The SMILES string of the molecule is O=C(Nc1cc(F)c(F)c(F)c1)c1cc(S(=O)(=O)N2CCC(O)(CO)CC2)cc2nc[nH]c12. The number of halogens is 3. The first-order valence-electron chi connectivity index (χ1n) is 9.80. The predicted octanol–water partition coefficient (Wildman–Crippen LogP) is 1.74. The Morgan fingerprint density at radius 3 is 2.39 bits per heavy atom. The fraction of sp³-hybridized carbons (Fsp3) is 0.300. The summed E-state index contributed by atoms with van der Waals surface area (Å²) in [6, 6.07) is 3.55. The lowest BCUT2D eigenvalue weighted by atomic mass is 9.94. The summed E-state index contributed by atoms with van der Waals surface area (Å²) >= 11 is 0. The van der Waals surface area contributed by atoms with Crippen LogP contribution in [0.5, 0.6) is 0 Å². The number of aliphatic hydroxyl groups excluding tert-OH is 1. The summed E-state index contributed by atoms with van der Waals surface area (Å²) < 4.78 is 67.7. The molecule has 2 aromatic carbocycles. The molecule has 0 atom stereocenters. The average molecular weight is 484 g/mol. The van der Waals surface area contributed by atoms with Crippen LogP contribution in [-0.2, 0) is 10.0 Å². The molecule has 1 aliphatic rings. The molecule has 0 unspecified atom stereocenters. The number of rotatable bonds is 5. The maximum atomic E-state index is 13.5. The van der Waals surface area contributed by atoms with Crippen LogP contribution in [0.25, 0.3) is 11.0 Å². The molecular weight excluding hydrogens is 465 g/mol. The number of H-pyrrole nitrogens is 1. The van der Waals surface area contributed by atoms with Gasteiger partial charge in [-0.25, -0.2) is 26.6 Å². The van der Waals surface area contributed by atoms with Crippen molar-refractivity contribution in [2.45, 2.75) is 23.3 Å². The van der Waals surface area contributed by atoms with E-state index in [2.05, 4.69) is 15.3 Å². The van der Waals surface area contributed by atoms with E-state index in [0.717, 1.165) is 10.4 Å². The van der Waals surface area contributed by atoms with E-state index in [0.29, 0.717) is 12.1 Å². The molecule has 0 aliphatic carbocycles. The highest BCUT2D eigenvalue weighted by Crippen LogP contribution is 2.29. The molecule has 3 aromatic rings. The first-order chi connectivity index (χ1) is 15.5. The first kappa shape index (κ1) is 23.2. The van der Waals surface area contributed by atoms with Gasteiger partial charge < -0.3 is 20.5 Å². The van der Waals surface area contributed by atoms with Gasteiger partial charge >= 0.3 is 0 Å². The van der Waals surface area contributed by atoms with Crippen molar-refractivity contribution in [2.75, 3.05) is 25.0 Å². The summed E-state index contributed by atoms with van der Waals surface area (Å²) in [4.78, 5) is 19.3. The molecule has 176 valence electrons. The van der Waals surface area contributed by atoms with Crippen molar-refractivity contribution >= 4 is 32.7 Å². The smallest absolute Gasteiger partial charge is 0.257 e. The monoisotopic (exact) mass is 484 g/mol. The Bertz CT molecular complexity index is 1310. The van der Waals surface area contributed by atoms with Crippen LogP contribution in [0.4, 0.5) is 18.9 Å². The number of amides is 1. The number of imidazole rings is 1. The molecule has 1 saturated heterocycles. The number of anilines is 1. The van der Waals surface area contributed by atoms with Gasteiger partial charge in [0.25, 0.3) is 5.91 Å². The molecule has 0 bridgehead atoms. The fourth-order valence-electron chi connectivity index (χ4n) is 3.62. The second-order valence-corrected chi connectivity index (χ2v) is 9.70. The van der Waals surface area contributed by atoms with Gasteiger partial charge in [0, 0.05) is 30.9 Å². The third-order valence-electron chi connectivity index (χ3n) is 5.58. The van der Waals surface area contributed by atoms with Gasteiger partial charge in [0.2, 0.25) is 10.0 Å². The molecule has 2 heterocycles. The highest BCUT2D eigenvalue weighted by molar-refractivity contribution is 7.89. The molecule has 9 nitrogen and oxygen atoms in total. The lowest BCUT2D eigenvalue weighted by molar-refractivity contribution is -0.0480. The minimum absolute atomic E-state index is 0.0302. The van der Waals surface area contributed by atoms with Crippen molar-refractivity contribution in [2.24, 2.45) is 0 Å². The number of fused-ring (bicyclic) bond motifs is 1. The summed E-state index contributed by atoms with van der Waals surface area (Å²) in [6.07, 6.45) is 1.31. The van der Waals surface area contributed by atoms with E-state index in [4.69, 9.17) is 0 Å². The number of sulfonamides is 1. The summed E-state index contributed by atoms with van der Waals surface area (Å²) in [6.45, 7) is -0.587. The Labute approximate surface area is 185 Å². The Morgan fingerprint density at radius 2 is 1.79 bits per heavy atom. The van der Waals surface area contributed by atoms with Crippen LogP contribution >= 0.6 is 0 Å². The van der Waals surface area contributed by atoms with E-state index >= 15 is 0 Å². The van der Waals surface area contributed by atoms with Crippen LogP contribution in [0.3, 0.4) is 0 Å². The van der Waals surface area contributed by atoms with Crippen LogP contribution < -0.4 is 5.32 Å². The zero-order valence-electron chi connectivity index (χ0n) is 17.0. The van der Waals surface area contributed by atoms with Crippen molar-refractivity contribution in [3.8, 4) is 0 Å². The molecule has 0 radical (unpaired) electrons. The summed E-state index contributed by atoms with van der Waals surface area (Å²) in [5.41, 5.74) is -1.55. The highest BCUT2D eigenvalue weighted by Gasteiger charge is 2.37. The number of nitrogens with one attached hydrogen (secondary N) is 2. The molecule has 0 saturated carbocycles. The van der Waals surface area contributed by atoms with E-state index in [1.807, 2.05) is 0 Å². The van der Waals surface area contributed by atoms with Crippen molar-refractivity contribution in [3.05, 3.63) is 53.6 Å². The molecule has 1 fully saturated rings. The molecule has 4 rings (SSSR count). The fourth-order valence-corrected chi connectivity index (χ4v) is 5.11. The largest absolute Gasteiger partial charge is 0.393 e. The maximum absolute atomic E-state index is 13.5. The topological polar surface area (TPSA) is 136 Å². The van der Waals surface area contributed by atoms with Gasteiger partial charge in [0.15, 0.2) is 17.5 Å². The number of aromatic amines is 1. The van der Waals surface area contributed by atoms with E-state index < -0.39 is 45.6 Å². The second kappa shape index (κ2) is 8.41. The van der Waals surface area contributed by atoms with Gasteiger partial charge in [0.1, 0.15) is 0 Å². The molecule has 4 N–H and O–H groups in total. The molecular formula is C20H19F3N4O5S. The third kappa shape index (κ3) is 4.31. The Hall–Kier alpha value is -3.00. The zero-order valence-corrected chi connectivity index (χ0v) is 17.8. The lowest BCUT2D eigenvalue weighted by Crippen LogP contribution is -2.48. The first-order valence-corrected chi connectivity index (χ1v) is 11.2. The van der Waals surface area contributed by atoms with Crippen molar-refractivity contribution in [3.63, 3.8) is 0 Å². The Balaban J connectivity index is 1.68.